The van der Waals surface area contributed by atoms with E-state index in [0.717, 1.165) is 6.54 Å². The molecule has 1 aromatic carbocycles. The van der Waals surface area contributed by atoms with Crippen molar-refractivity contribution in [2.45, 2.75) is 13.5 Å². The highest BCUT2D eigenvalue weighted by Crippen LogP contribution is 2.14. The van der Waals surface area contributed by atoms with Gasteiger partial charge in [0.1, 0.15) is 0 Å². The molecule has 1 aromatic rings. The minimum Gasteiger partial charge on any atom is -0.378 e. The van der Waals surface area contributed by atoms with E-state index in [4.69, 9.17) is 0 Å². The van der Waals surface area contributed by atoms with E-state index in [1.807, 2.05) is 32.2 Å². The smallest absolute Gasteiger partial charge is 0.232 e. The van der Waals surface area contributed by atoms with Gasteiger partial charge in [-0.25, -0.2) is 0 Å². The topological polar surface area (TPSA) is 23.6 Å². The molecule has 18 heavy (non-hydrogen) atoms. The summed E-state index contributed by atoms with van der Waals surface area (Å²) in [6.07, 6.45) is 1.96. The Kier molecular flexibility index (Phi) is 6.05. The zero-order valence-corrected chi connectivity index (χ0v) is 12.5. The van der Waals surface area contributed by atoms with Gasteiger partial charge in [0.05, 0.1) is 5.75 Å². The van der Waals surface area contributed by atoms with Gasteiger partial charge < -0.3 is 9.80 Å². The molecular formula is C14H22N2OS. The molecular weight excluding hydrogens is 244 g/mol. The number of thioether (sulfide) groups is 1. The molecule has 0 saturated carbocycles. The van der Waals surface area contributed by atoms with Crippen LogP contribution in [0, 0.1) is 0 Å². The van der Waals surface area contributed by atoms with E-state index in [0.29, 0.717) is 12.3 Å². The Balaban J connectivity index is 2.67. The van der Waals surface area contributed by atoms with Crippen molar-refractivity contribution in [1.29, 1.82) is 0 Å². The lowest BCUT2D eigenvalue weighted by Gasteiger charge is -2.21. The number of carbonyl (C=O) groups is 1. The predicted molar refractivity (Wildman–Crippen MR) is 80.2 cm³/mol. The fourth-order valence-electron chi connectivity index (χ4n) is 1.71. The van der Waals surface area contributed by atoms with Crippen molar-refractivity contribution in [1.82, 2.24) is 4.90 Å². The number of carbonyl (C=O) groups excluding carboxylic acids is 1. The largest absolute Gasteiger partial charge is 0.378 e. The standard InChI is InChI=1S/C14H22N2OS/c1-5-16(14(17)11-18-4)10-12-6-8-13(9-7-12)15(2)3/h6-9H,5,10-11H2,1-4H3. The van der Waals surface area contributed by atoms with Gasteiger partial charge in [-0.1, -0.05) is 12.1 Å². The third-order valence-corrected chi connectivity index (χ3v) is 3.36. The summed E-state index contributed by atoms with van der Waals surface area (Å²) < 4.78 is 0. The molecule has 0 fully saturated rings. The van der Waals surface area contributed by atoms with Gasteiger partial charge in [-0.05, 0) is 30.9 Å². The molecule has 0 N–H and O–H groups in total. The monoisotopic (exact) mass is 266 g/mol. The average Bonchev–Trinajstić information content (AvgIpc) is 2.36. The molecule has 0 heterocycles. The van der Waals surface area contributed by atoms with Gasteiger partial charge in [-0.15, -0.1) is 0 Å². The van der Waals surface area contributed by atoms with Crippen molar-refractivity contribution in [3.8, 4) is 0 Å². The molecule has 0 aliphatic heterocycles. The fraction of sp³-hybridized carbons (Fsp3) is 0.500. The summed E-state index contributed by atoms with van der Waals surface area (Å²) in [7, 11) is 4.05. The van der Waals surface area contributed by atoms with E-state index in [1.165, 1.54) is 11.3 Å². The fourth-order valence-corrected chi connectivity index (χ4v) is 2.14. The Bertz CT molecular complexity index is 376. The molecule has 4 heteroatoms. The predicted octanol–water partition coefficient (Wildman–Crippen LogP) is 2.46. The van der Waals surface area contributed by atoms with Crippen LogP contribution in [0.3, 0.4) is 0 Å². The molecule has 100 valence electrons. The highest BCUT2D eigenvalue weighted by Gasteiger charge is 2.11. The molecule has 0 unspecified atom stereocenters. The summed E-state index contributed by atoms with van der Waals surface area (Å²) in [4.78, 5) is 15.8. The van der Waals surface area contributed by atoms with Gasteiger partial charge in [0, 0.05) is 32.9 Å². The van der Waals surface area contributed by atoms with Crippen molar-refractivity contribution in [3.05, 3.63) is 29.8 Å². The van der Waals surface area contributed by atoms with Crippen molar-refractivity contribution in [2.75, 3.05) is 37.5 Å². The molecule has 0 bridgehead atoms. The number of amides is 1. The first kappa shape index (κ1) is 14.9. The number of benzene rings is 1. The highest BCUT2D eigenvalue weighted by atomic mass is 32.2. The van der Waals surface area contributed by atoms with E-state index >= 15 is 0 Å². The first-order chi connectivity index (χ1) is 8.58. The zero-order valence-electron chi connectivity index (χ0n) is 11.6. The van der Waals surface area contributed by atoms with Crippen molar-refractivity contribution in [3.63, 3.8) is 0 Å². The first-order valence-corrected chi connectivity index (χ1v) is 7.50. The second-order valence-corrected chi connectivity index (χ2v) is 5.27. The molecule has 0 radical (unpaired) electrons. The summed E-state index contributed by atoms with van der Waals surface area (Å²) in [5.74, 6) is 0.769. The van der Waals surface area contributed by atoms with E-state index in [1.54, 1.807) is 11.8 Å². The summed E-state index contributed by atoms with van der Waals surface area (Å²) >= 11 is 1.57. The van der Waals surface area contributed by atoms with Crippen LogP contribution in [-0.4, -0.2) is 43.5 Å². The van der Waals surface area contributed by atoms with Crippen LogP contribution in [-0.2, 0) is 11.3 Å². The number of nitrogens with zero attached hydrogens (tertiary/aromatic N) is 2. The summed E-state index contributed by atoms with van der Waals surface area (Å²) in [6.45, 7) is 3.48. The molecule has 1 rings (SSSR count). The number of hydrogen-bond acceptors (Lipinski definition) is 3. The molecule has 0 aliphatic rings. The molecule has 0 saturated heterocycles. The first-order valence-electron chi connectivity index (χ1n) is 6.11. The van der Waals surface area contributed by atoms with Crippen LogP contribution in [0.4, 0.5) is 5.69 Å². The van der Waals surface area contributed by atoms with Gasteiger partial charge in [0.25, 0.3) is 0 Å². The minimum atomic E-state index is 0.210. The zero-order chi connectivity index (χ0) is 13.5. The summed E-state index contributed by atoms with van der Waals surface area (Å²) in [5.41, 5.74) is 2.36. The maximum absolute atomic E-state index is 11.9. The van der Waals surface area contributed by atoms with Crippen LogP contribution in [0.1, 0.15) is 12.5 Å². The molecule has 0 atom stereocenters. The lowest BCUT2D eigenvalue weighted by Crippen LogP contribution is -2.31. The van der Waals surface area contributed by atoms with Crippen molar-refractivity contribution < 1.29 is 4.79 Å². The quantitative estimate of drug-likeness (QED) is 0.790. The number of anilines is 1. The van der Waals surface area contributed by atoms with E-state index in [-0.39, 0.29) is 5.91 Å². The summed E-state index contributed by atoms with van der Waals surface area (Å²) in [5, 5.41) is 0. The summed E-state index contributed by atoms with van der Waals surface area (Å²) in [6, 6.07) is 8.35. The number of rotatable bonds is 6. The Morgan fingerprint density at radius 3 is 2.28 bits per heavy atom. The molecule has 3 nitrogen and oxygen atoms in total. The maximum Gasteiger partial charge on any atom is 0.232 e. The van der Waals surface area contributed by atoms with Crippen LogP contribution in [0.25, 0.3) is 0 Å². The number of hydrogen-bond donors (Lipinski definition) is 0. The van der Waals surface area contributed by atoms with E-state index < -0.39 is 0 Å². The SMILES string of the molecule is CCN(Cc1ccc(N(C)C)cc1)C(=O)CSC. The third-order valence-electron chi connectivity index (χ3n) is 2.83. The van der Waals surface area contributed by atoms with E-state index in [9.17, 15) is 4.79 Å². The Hall–Kier alpha value is -1.16. The van der Waals surface area contributed by atoms with Gasteiger partial charge in [-0.3, -0.25) is 4.79 Å². The molecule has 0 aliphatic carbocycles. The lowest BCUT2D eigenvalue weighted by atomic mass is 10.2. The molecule has 1 amide bonds. The molecule has 0 spiro atoms. The second kappa shape index (κ2) is 7.31. The van der Waals surface area contributed by atoms with Gasteiger partial charge in [0.2, 0.25) is 5.91 Å². The van der Waals surface area contributed by atoms with Crippen molar-refractivity contribution >= 4 is 23.4 Å². The molecule has 0 aromatic heterocycles. The van der Waals surface area contributed by atoms with Gasteiger partial charge >= 0.3 is 0 Å². The Labute approximate surface area is 114 Å². The lowest BCUT2D eigenvalue weighted by molar-refractivity contribution is -0.128. The van der Waals surface area contributed by atoms with Crippen LogP contribution >= 0.6 is 11.8 Å². The van der Waals surface area contributed by atoms with Gasteiger partial charge in [-0.2, -0.15) is 11.8 Å². The van der Waals surface area contributed by atoms with Gasteiger partial charge in [0.15, 0.2) is 0 Å². The highest BCUT2D eigenvalue weighted by molar-refractivity contribution is 7.99. The average molecular weight is 266 g/mol. The normalized spacial score (nSPS) is 10.2. The Morgan fingerprint density at radius 1 is 1.22 bits per heavy atom. The minimum absolute atomic E-state index is 0.210. The van der Waals surface area contributed by atoms with Crippen molar-refractivity contribution in [2.24, 2.45) is 0 Å². The Morgan fingerprint density at radius 2 is 1.83 bits per heavy atom. The maximum atomic E-state index is 11.9. The van der Waals surface area contributed by atoms with Crippen LogP contribution in [0.2, 0.25) is 0 Å². The third kappa shape index (κ3) is 4.26. The van der Waals surface area contributed by atoms with Crippen LogP contribution in [0.15, 0.2) is 24.3 Å². The van der Waals surface area contributed by atoms with Crippen LogP contribution < -0.4 is 4.90 Å². The van der Waals surface area contributed by atoms with E-state index in [2.05, 4.69) is 29.2 Å². The van der Waals surface area contributed by atoms with Crippen LogP contribution in [0.5, 0.6) is 0 Å². The second-order valence-electron chi connectivity index (χ2n) is 4.40.